The van der Waals surface area contributed by atoms with Crippen LogP contribution in [0.2, 0.25) is 0 Å². The van der Waals surface area contributed by atoms with Gasteiger partial charge in [0, 0.05) is 41.0 Å². The monoisotopic (exact) mass is 1070 g/mol. The molecular formula is C45H54IN8O11S2-. The second-order valence-electron chi connectivity index (χ2n) is 17.5. The van der Waals surface area contributed by atoms with Crippen molar-refractivity contribution < 1.29 is 50.5 Å². The minimum Gasteiger partial charge on any atom is -0.755 e. The first-order valence-corrected chi connectivity index (χ1v) is 24.5. The second kappa shape index (κ2) is 21.2. The molecule has 0 spiro atoms. The Morgan fingerprint density at radius 2 is 1.30 bits per heavy atom. The minimum atomic E-state index is -4.84. The summed E-state index contributed by atoms with van der Waals surface area (Å²) in [4.78, 5) is 29.1. The molecule has 1 unspecified atom stereocenters. The highest BCUT2D eigenvalue weighted by atomic mass is 127. The van der Waals surface area contributed by atoms with Crippen molar-refractivity contribution in [2.45, 2.75) is 89.4 Å². The highest BCUT2D eigenvalue weighted by Gasteiger charge is 2.45. The van der Waals surface area contributed by atoms with Gasteiger partial charge in [-0.25, -0.2) is 18.0 Å². The molecule has 2 amide bonds. The predicted octanol–water partition coefficient (Wildman–Crippen LogP) is 6.52. The number of nitrogens with one attached hydrogen (secondary N) is 1. The number of amides is 2. The number of hydrogen-bond acceptors (Lipinski definition) is 14. The van der Waals surface area contributed by atoms with Gasteiger partial charge in [0.05, 0.1) is 51.2 Å². The molecule has 67 heavy (non-hydrogen) atoms. The van der Waals surface area contributed by atoms with Crippen LogP contribution in [0.15, 0.2) is 89.8 Å². The van der Waals surface area contributed by atoms with Crippen LogP contribution in [0.1, 0.15) is 58.2 Å². The molecule has 1 aliphatic rings. The van der Waals surface area contributed by atoms with Gasteiger partial charge in [-0.1, -0.05) is 36.4 Å². The van der Waals surface area contributed by atoms with Crippen molar-refractivity contribution in [3.63, 3.8) is 0 Å². The zero-order chi connectivity index (χ0) is 48.8. The summed E-state index contributed by atoms with van der Waals surface area (Å²) >= 11 is -1.29. The van der Waals surface area contributed by atoms with Gasteiger partial charge < -0.3 is 38.5 Å². The number of alkyl carbamates (subject to hydrolysis) is 1. The summed E-state index contributed by atoms with van der Waals surface area (Å²) in [6.07, 6.45) is -1.66. The first-order chi connectivity index (χ1) is 31.6. The van der Waals surface area contributed by atoms with Crippen molar-refractivity contribution in [1.29, 1.82) is 0 Å². The van der Waals surface area contributed by atoms with Gasteiger partial charge in [0.1, 0.15) is 33.3 Å². The lowest BCUT2D eigenvalue weighted by Gasteiger charge is -2.37. The van der Waals surface area contributed by atoms with Crippen molar-refractivity contribution >= 4 is 61.8 Å². The van der Waals surface area contributed by atoms with Gasteiger partial charge >= 0.3 is 12.2 Å². The van der Waals surface area contributed by atoms with Crippen LogP contribution in [0.25, 0.3) is 11.4 Å². The average molecular weight is 1070 g/mol. The number of benzene rings is 4. The Morgan fingerprint density at radius 3 is 1.78 bits per heavy atom. The molecule has 1 aromatic heterocycles. The zero-order valence-corrected chi connectivity index (χ0v) is 42.4. The fourth-order valence-corrected chi connectivity index (χ4v) is 10.7. The number of tetrazole rings is 1. The van der Waals surface area contributed by atoms with E-state index in [1.54, 1.807) is 115 Å². The summed E-state index contributed by atoms with van der Waals surface area (Å²) in [7, 11) is -0.243. The van der Waals surface area contributed by atoms with E-state index in [9.17, 15) is 18.4 Å². The summed E-state index contributed by atoms with van der Waals surface area (Å²) in [5.74, 6) is 1.64. The molecule has 0 bridgehead atoms. The molecule has 0 radical (unpaired) electrons. The molecule has 4 aromatic carbocycles. The van der Waals surface area contributed by atoms with Gasteiger partial charge in [-0.05, 0) is 135 Å². The van der Waals surface area contributed by atoms with Gasteiger partial charge in [-0.2, -0.15) is 9.10 Å². The number of carbonyl (C=O) groups excluding carboxylic acids is 2. The number of aromatic nitrogens is 4. The first-order valence-electron chi connectivity index (χ1n) is 20.9. The number of sulfonamides is 1. The molecule has 1 fully saturated rings. The molecule has 6 rings (SSSR count). The van der Waals surface area contributed by atoms with Gasteiger partial charge in [0.25, 0.3) is 0 Å². The first kappa shape index (κ1) is 50.8. The summed E-state index contributed by atoms with van der Waals surface area (Å²) in [5, 5.41) is 16.0. The summed E-state index contributed by atoms with van der Waals surface area (Å²) in [6.45, 7) is 9.30. The van der Waals surface area contributed by atoms with E-state index < -0.39 is 61.7 Å². The Bertz CT molecular complexity index is 2610. The lowest BCUT2D eigenvalue weighted by Crippen LogP contribution is -2.53. The second-order valence-corrected chi connectivity index (χ2v) is 21.3. The van der Waals surface area contributed by atoms with Crippen molar-refractivity contribution in [3.8, 4) is 28.6 Å². The smallest absolute Gasteiger partial charge is 0.410 e. The van der Waals surface area contributed by atoms with E-state index in [0.717, 1.165) is 9.87 Å². The van der Waals surface area contributed by atoms with Crippen molar-refractivity contribution in [3.05, 3.63) is 105 Å². The Kier molecular flexibility index (Phi) is 16.1. The van der Waals surface area contributed by atoms with Crippen LogP contribution in [0.3, 0.4) is 0 Å². The van der Waals surface area contributed by atoms with E-state index in [4.69, 9.17) is 23.7 Å². The van der Waals surface area contributed by atoms with Crippen LogP contribution >= 0.6 is 22.6 Å². The largest absolute Gasteiger partial charge is 0.755 e. The van der Waals surface area contributed by atoms with E-state index in [1.165, 1.54) is 34.3 Å². The summed E-state index contributed by atoms with van der Waals surface area (Å²) in [6, 6.07) is 21.4. The molecule has 5 aromatic rings. The van der Waals surface area contributed by atoms with Crippen LogP contribution in [0, 0.1) is 3.57 Å². The highest BCUT2D eigenvalue weighted by molar-refractivity contribution is 14.1. The van der Waals surface area contributed by atoms with Crippen LogP contribution < -0.4 is 23.8 Å². The van der Waals surface area contributed by atoms with Crippen molar-refractivity contribution in [2.24, 2.45) is 0 Å². The van der Waals surface area contributed by atoms with E-state index >= 15 is 8.42 Å². The third kappa shape index (κ3) is 12.9. The Morgan fingerprint density at radius 1 is 0.791 bits per heavy atom. The van der Waals surface area contributed by atoms with Gasteiger partial charge in [0.2, 0.25) is 15.8 Å². The summed E-state index contributed by atoms with van der Waals surface area (Å²) in [5.41, 5.74) is -0.246. The van der Waals surface area contributed by atoms with Crippen LogP contribution in [-0.4, -0.2) is 116 Å². The molecule has 2 heterocycles. The number of methoxy groups -OCH3 is 3. The number of rotatable bonds is 16. The van der Waals surface area contributed by atoms with Crippen LogP contribution in [0.5, 0.6) is 17.2 Å². The zero-order valence-electron chi connectivity index (χ0n) is 38.6. The molecule has 1 N–H and O–H groups in total. The van der Waals surface area contributed by atoms with Crippen LogP contribution in [0.4, 0.5) is 15.3 Å². The number of hydrogen-bond donors (Lipinski definition) is 1. The van der Waals surface area contributed by atoms with Gasteiger partial charge in [-0.15, -0.1) is 10.2 Å². The third-order valence-corrected chi connectivity index (χ3v) is 13.8. The lowest BCUT2D eigenvalue weighted by molar-refractivity contribution is 0.0281. The van der Waals surface area contributed by atoms with E-state index in [0.29, 0.717) is 31.9 Å². The number of nitrogens with zero attached hydrogens (tertiary/aromatic N) is 7. The molecule has 0 saturated carbocycles. The molecule has 360 valence electrons. The standard InChI is InChI=1S/C45H55IN8O11S2/c1-44(2,3)64-42(55)47-36-27-51(43(56)65-45(4,5)6)28-38(36)54(66(57)58)37-23-22-35(46)39(41-48-50-53(49-41)26-31-14-20-34(63-9)21-15-31)40(37)67(59,60)52(24-29-10-16-32(61-7)17-11-29)25-30-12-18-33(62-8)19-13-30/h10-23,36,38H,24-28H2,1-9H3,(H,47,55)(H,57,58)/p-1/t36-,38-/m0/s1. The maximum Gasteiger partial charge on any atom is 0.410 e. The molecule has 19 nitrogen and oxygen atoms in total. The fraction of sp³-hybridized carbons (Fsp3) is 0.400. The van der Waals surface area contributed by atoms with Gasteiger partial charge in [-0.3, -0.25) is 8.51 Å². The Balaban J connectivity index is 1.57. The number of anilines is 1. The van der Waals surface area contributed by atoms with E-state index in [2.05, 4.69) is 20.7 Å². The average Bonchev–Trinajstić information content (AvgIpc) is 3.90. The molecule has 1 saturated heterocycles. The van der Waals surface area contributed by atoms with E-state index in [1.807, 2.05) is 34.7 Å². The summed E-state index contributed by atoms with van der Waals surface area (Å²) < 4.78 is 89.5. The van der Waals surface area contributed by atoms with Gasteiger partial charge in [0.15, 0.2) is 0 Å². The molecule has 22 heteroatoms. The number of carbonyl (C=O) groups is 2. The predicted molar refractivity (Wildman–Crippen MR) is 257 cm³/mol. The quantitative estimate of drug-likeness (QED) is 0.0822. The number of ether oxygens (including phenoxy) is 5. The maximum atomic E-state index is 16.0. The molecule has 3 atom stereocenters. The normalized spacial score (nSPS) is 15.8. The fourth-order valence-electron chi connectivity index (χ4n) is 7.19. The lowest BCUT2D eigenvalue weighted by atomic mass is 10.1. The topological polar surface area (TPSA) is 220 Å². The third-order valence-electron chi connectivity index (χ3n) is 10.2. The maximum absolute atomic E-state index is 16.0. The minimum absolute atomic E-state index is 0.0392. The Hall–Kier alpha value is -5.56. The molecule has 1 aliphatic heterocycles. The number of halogens is 1. The van der Waals surface area contributed by atoms with Crippen LogP contribution in [-0.2, 0) is 50.4 Å². The van der Waals surface area contributed by atoms with E-state index in [-0.39, 0.29) is 49.8 Å². The molecule has 0 aliphatic carbocycles. The molecular weight excluding hydrogens is 1020 g/mol. The van der Waals surface area contributed by atoms with Crippen molar-refractivity contribution in [2.75, 3.05) is 38.7 Å². The SMILES string of the molecule is COc1ccc(CN(Cc2ccc(OC)cc2)S(=O)(=O)c2c(N([C@H]3CN(C(=O)OC(C)(C)C)C[C@@H]3NC(=O)OC(C)(C)C)S(=O)[O-])ccc(I)c2-c2nnn(Cc3ccc(OC)cc3)n2)cc1. The highest BCUT2D eigenvalue weighted by Crippen LogP contribution is 2.42. The number of likely N-dealkylation sites (tertiary alicyclic amines) is 1. The Labute approximate surface area is 406 Å². The van der Waals surface area contributed by atoms with Crippen molar-refractivity contribution in [1.82, 2.24) is 34.7 Å².